The molecule has 5 nitrogen and oxygen atoms in total. The van der Waals surface area contributed by atoms with E-state index in [4.69, 9.17) is 0 Å². The molecule has 0 amide bonds. The van der Waals surface area contributed by atoms with Gasteiger partial charge in [-0.1, -0.05) is 20.8 Å². The zero-order valence-electron chi connectivity index (χ0n) is 22.8. The number of aromatic nitrogens is 2. The van der Waals surface area contributed by atoms with Crippen LogP contribution >= 0.6 is 0 Å². The quantitative estimate of drug-likeness (QED) is 0.492. The summed E-state index contributed by atoms with van der Waals surface area (Å²) >= 11 is 0. The van der Waals surface area contributed by atoms with E-state index >= 15 is 0 Å². The van der Waals surface area contributed by atoms with Gasteiger partial charge in [0.1, 0.15) is 5.82 Å². The summed E-state index contributed by atoms with van der Waals surface area (Å²) in [5, 5.41) is 34.0. The zero-order chi connectivity index (χ0) is 27.0. The SMILES string of the molecule is C[C@H](CCc1ncc2cc(F)c(F)cc2n1)[C@H]1CC[C@H]2[C@H]3C(C[C@H](O)[C@]12C)[C@@]1(C)CC[C@@H](O)C[C@H]1C[C@H]3O. The molecule has 3 N–H and O–H groups in total. The van der Waals surface area contributed by atoms with Crippen molar-refractivity contribution in [1.82, 2.24) is 9.97 Å². The Balaban J connectivity index is 1.19. The summed E-state index contributed by atoms with van der Waals surface area (Å²) < 4.78 is 27.3. The molecule has 0 saturated heterocycles. The van der Waals surface area contributed by atoms with Gasteiger partial charge in [-0.2, -0.15) is 0 Å². The van der Waals surface area contributed by atoms with Crippen molar-refractivity contribution in [2.24, 2.45) is 46.3 Å². The third-order valence-electron chi connectivity index (χ3n) is 12.0. The number of hydrogen-bond acceptors (Lipinski definition) is 5. The Kier molecular flexibility index (Phi) is 6.59. The van der Waals surface area contributed by atoms with Crippen molar-refractivity contribution in [3.05, 3.63) is 35.8 Å². The number of rotatable bonds is 4. The van der Waals surface area contributed by atoms with Crippen LogP contribution in [-0.4, -0.2) is 43.6 Å². The third kappa shape index (κ3) is 4.02. The second-order valence-corrected chi connectivity index (χ2v) is 13.7. The highest BCUT2D eigenvalue weighted by atomic mass is 19.2. The number of aliphatic hydroxyl groups is 3. The number of hydrogen-bond donors (Lipinski definition) is 3. The van der Waals surface area contributed by atoms with E-state index in [1.54, 1.807) is 6.20 Å². The van der Waals surface area contributed by atoms with Crippen LogP contribution in [0, 0.1) is 58.0 Å². The van der Waals surface area contributed by atoms with Crippen LogP contribution in [0.3, 0.4) is 0 Å². The van der Waals surface area contributed by atoms with Crippen LogP contribution < -0.4 is 0 Å². The Morgan fingerprint density at radius 1 is 1.00 bits per heavy atom. The lowest BCUT2D eigenvalue weighted by molar-refractivity contribution is -0.207. The van der Waals surface area contributed by atoms with Gasteiger partial charge in [0.15, 0.2) is 11.6 Å². The van der Waals surface area contributed by atoms with E-state index in [9.17, 15) is 24.1 Å². The predicted octanol–water partition coefficient (Wildman–Crippen LogP) is 5.44. The lowest BCUT2D eigenvalue weighted by Gasteiger charge is -2.63. The van der Waals surface area contributed by atoms with Crippen LogP contribution in [0.5, 0.6) is 0 Å². The minimum atomic E-state index is -0.903. The highest BCUT2D eigenvalue weighted by Gasteiger charge is 2.65. The van der Waals surface area contributed by atoms with Gasteiger partial charge in [-0.3, -0.25) is 0 Å². The molecule has 0 bridgehead atoms. The van der Waals surface area contributed by atoms with Gasteiger partial charge in [0.05, 0.1) is 23.8 Å². The van der Waals surface area contributed by atoms with Crippen molar-refractivity contribution in [3.63, 3.8) is 0 Å². The number of aryl methyl sites for hydroxylation is 1. The summed E-state index contributed by atoms with van der Waals surface area (Å²) in [5.74, 6) is 0.600. The first-order valence-corrected chi connectivity index (χ1v) is 14.7. The van der Waals surface area contributed by atoms with Crippen LogP contribution in [0.1, 0.15) is 78.0 Å². The topological polar surface area (TPSA) is 86.5 Å². The third-order valence-corrected chi connectivity index (χ3v) is 12.0. The molecule has 4 aliphatic carbocycles. The maximum Gasteiger partial charge on any atom is 0.161 e. The van der Waals surface area contributed by atoms with Crippen LogP contribution in [0.15, 0.2) is 18.3 Å². The maximum atomic E-state index is 13.7. The molecule has 0 radical (unpaired) electrons. The average molecular weight is 529 g/mol. The van der Waals surface area contributed by atoms with Gasteiger partial charge in [0.2, 0.25) is 0 Å². The summed E-state index contributed by atoms with van der Waals surface area (Å²) in [6.07, 6.45) is 8.14. The zero-order valence-corrected chi connectivity index (χ0v) is 22.8. The average Bonchev–Trinajstić information content (AvgIpc) is 3.23. The molecule has 38 heavy (non-hydrogen) atoms. The van der Waals surface area contributed by atoms with Gasteiger partial charge >= 0.3 is 0 Å². The molecule has 4 aliphatic rings. The van der Waals surface area contributed by atoms with Gasteiger partial charge in [0, 0.05) is 24.1 Å². The van der Waals surface area contributed by atoms with Crippen molar-refractivity contribution in [2.75, 3.05) is 0 Å². The summed E-state index contributed by atoms with van der Waals surface area (Å²) in [7, 11) is 0. The fourth-order valence-electron chi connectivity index (χ4n) is 9.87. The van der Waals surface area contributed by atoms with Crippen molar-refractivity contribution >= 4 is 10.9 Å². The first-order valence-electron chi connectivity index (χ1n) is 14.7. The number of benzene rings is 1. The Hall–Kier alpha value is -1.70. The van der Waals surface area contributed by atoms with E-state index in [0.717, 1.165) is 63.5 Å². The van der Waals surface area contributed by atoms with Gasteiger partial charge in [-0.25, -0.2) is 18.7 Å². The standard InChI is InChI=1S/C31H42F2N2O3/c1-16(4-7-28-34-15-17-10-23(32)24(33)14-25(17)35-28)20-5-6-21-29-22(13-27(38)31(20,21)3)30(2)9-8-19(36)11-18(30)12-26(29)37/h10,14-16,18-22,26-27,29,36-38H,4-9,11-13H2,1-3H3/t16-,18+,19-,20-,21+,22?,26-,27+,29+,30+,31-/m1/s1. The fraction of sp³-hybridized carbons (Fsp3) is 0.742. The highest BCUT2D eigenvalue weighted by molar-refractivity contribution is 5.77. The van der Waals surface area contributed by atoms with E-state index in [0.29, 0.717) is 46.8 Å². The van der Waals surface area contributed by atoms with E-state index in [1.807, 2.05) is 0 Å². The van der Waals surface area contributed by atoms with Gasteiger partial charge < -0.3 is 15.3 Å². The number of fused-ring (bicyclic) bond motifs is 6. The predicted molar refractivity (Wildman–Crippen MR) is 141 cm³/mol. The largest absolute Gasteiger partial charge is 0.393 e. The van der Waals surface area contributed by atoms with Crippen LogP contribution in [0.25, 0.3) is 10.9 Å². The van der Waals surface area contributed by atoms with Crippen LogP contribution in [0.4, 0.5) is 8.78 Å². The monoisotopic (exact) mass is 528 g/mol. The number of aliphatic hydroxyl groups excluding tert-OH is 3. The molecule has 6 rings (SSSR count). The molecule has 11 atom stereocenters. The first kappa shape index (κ1) is 26.5. The summed E-state index contributed by atoms with van der Waals surface area (Å²) in [5.41, 5.74) is 0.242. The summed E-state index contributed by atoms with van der Waals surface area (Å²) in [6.45, 7) is 6.88. The minimum absolute atomic E-state index is 0.0744. The first-order chi connectivity index (χ1) is 18.0. The molecule has 1 aromatic carbocycles. The van der Waals surface area contributed by atoms with Crippen LogP contribution in [-0.2, 0) is 6.42 Å². The molecular weight excluding hydrogens is 486 g/mol. The molecule has 0 spiro atoms. The second kappa shape index (κ2) is 9.45. The molecule has 2 aromatic rings. The molecule has 1 unspecified atom stereocenters. The van der Waals surface area contributed by atoms with E-state index in [1.165, 1.54) is 0 Å². The number of halogens is 2. The van der Waals surface area contributed by atoms with Gasteiger partial charge in [-0.05, 0) is 104 Å². The molecule has 4 saturated carbocycles. The van der Waals surface area contributed by atoms with E-state index < -0.39 is 17.7 Å². The molecule has 4 fully saturated rings. The number of nitrogens with zero attached hydrogens (tertiary/aromatic N) is 2. The Labute approximate surface area is 224 Å². The van der Waals surface area contributed by atoms with Gasteiger partial charge in [0.25, 0.3) is 0 Å². The Morgan fingerprint density at radius 3 is 2.55 bits per heavy atom. The van der Waals surface area contributed by atoms with E-state index in [2.05, 4.69) is 30.7 Å². The molecule has 0 aliphatic heterocycles. The molecular formula is C31H42F2N2O3. The molecule has 7 heteroatoms. The van der Waals surface area contributed by atoms with Crippen molar-refractivity contribution in [1.29, 1.82) is 0 Å². The molecule has 208 valence electrons. The summed E-state index contributed by atoms with van der Waals surface area (Å²) in [4.78, 5) is 8.89. The normalized spacial score (nSPS) is 43.4. The molecule has 1 aromatic heterocycles. The summed E-state index contributed by atoms with van der Waals surface area (Å²) in [6, 6.07) is 2.26. The Morgan fingerprint density at radius 2 is 1.76 bits per heavy atom. The lowest BCUT2D eigenvalue weighted by Crippen LogP contribution is -2.62. The molecule has 1 heterocycles. The smallest absolute Gasteiger partial charge is 0.161 e. The van der Waals surface area contributed by atoms with Crippen LogP contribution in [0.2, 0.25) is 0 Å². The fourth-order valence-corrected chi connectivity index (χ4v) is 9.87. The maximum absolute atomic E-state index is 13.7. The van der Waals surface area contributed by atoms with Crippen molar-refractivity contribution in [2.45, 2.75) is 96.9 Å². The van der Waals surface area contributed by atoms with Crippen molar-refractivity contribution < 1.29 is 24.1 Å². The Bertz CT molecular complexity index is 1210. The lowest BCUT2D eigenvalue weighted by atomic mass is 9.43. The van der Waals surface area contributed by atoms with E-state index in [-0.39, 0.29) is 34.9 Å². The van der Waals surface area contributed by atoms with Crippen molar-refractivity contribution in [3.8, 4) is 0 Å². The highest BCUT2D eigenvalue weighted by Crippen LogP contribution is 2.68. The minimum Gasteiger partial charge on any atom is -0.393 e. The second-order valence-electron chi connectivity index (χ2n) is 13.7. The van der Waals surface area contributed by atoms with Gasteiger partial charge in [-0.15, -0.1) is 0 Å².